The van der Waals surface area contributed by atoms with Gasteiger partial charge in [-0.2, -0.15) is 16.9 Å². The summed E-state index contributed by atoms with van der Waals surface area (Å²) in [5, 5.41) is 8.39. The first kappa shape index (κ1) is 12.6. The highest BCUT2D eigenvalue weighted by Crippen LogP contribution is 2.20. The lowest BCUT2D eigenvalue weighted by Crippen LogP contribution is -2.23. The SMILES string of the molecule is CCNC(CSC(C)C)c1cnn(C)c1. The molecule has 0 fully saturated rings. The molecule has 0 radical (unpaired) electrons. The van der Waals surface area contributed by atoms with Gasteiger partial charge in [-0.05, 0) is 11.8 Å². The minimum absolute atomic E-state index is 0.427. The minimum Gasteiger partial charge on any atom is -0.309 e. The molecule has 0 amide bonds. The van der Waals surface area contributed by atoms with Crippen molar-refractivity contribution >= 4 is 11.8 Å². The molecule has 1 unspecified atom stereocenters. The molecule has 86 valence electrons. The van der Waals surface area contributed by atoms with Crippen molar-refractivity contribution in [2.24, 2.45) is 7.05 Å². The van der Waals surface area contributed by atoms with Crippen molar-refractivity contribution in [2.75, 3.05) is 12.3 Å². The van der Waals surface area contributed by atoms with Gasteiger partial charge in [-0.1, -0.05) is 20.8 Å². The van der Waals surface area contributed by atoms with E-state index in [9.17, 15) is 0 Å². The highest BCUT2D eigenvalue weighted by molar-refractivity contribution is 7.99. The van der Waals surface area contributed by atoms with Crippen molar-refractivity contribution in [3.63, 3.8) is 0 Å². The highest BCUT2D eigenvalue weighted by Gasteiger charge is 2.12. The number of nitrogens with one attached hydrogen (secondary N) is 1. The predicted molar refractivity (Wildman–Crippen MR) is 67.2 cm³/mol. The molecule has 0 saturated carbocycles. The predicted octanol–water partition coefficient (Wildman–Crippen LogP) is 2.21. The molecule has 4 heteroatoms. The third-order valence-electron chi connectivity index (χ3n) is 2.17. The van der Waals surface area contributed by atoms with E-state index in [0.717, 1.165) is 12.3 Å². The number of aryl methyl sites for hydroxylation is 1. The summed E-state index contributed by atoms with van der Waals surface area (Å²) >= 11 is 1.98. The molecule has 0 aliphatic heterocycles. The Morgan fingerprint density at radius 2 is 2.27 bits per heavy atom. The second kappa shape index (κ2) is 6.18. The van der Waals surface area contributed by atoms with Crippen LogP contribution in [0.4, 0.5) is 0 Å². The Hall–Kier alpha value is -0.480. The molecule has 0 spiro atoms. The van der Waals surface area contributed by atoms with Crippen LogP contribution in [-0.4, -0.2) is 27.3 Å². The van der Waals surface area contributed by atoms with Gasteiger partial charge in [-0.15, -0.1) is 0 Å². The van der Waals surface area contributed by atoms with Gasteiger partial charge >= 0.3 is 0 Å². The van der Waals surface area contributed by atoms with Crippen molar-refractivity contribution in [2.45, 2.75) is 32.1 Å². The zero-order chi connectivity index (χ0) is 11.3. The van der Waals surface area contributed by atoms with Gasteiger partial charge in [-0.3, -0.25) is 4.68 Å². The van der Waals surface area contributed by atoms with Crippen LogP contribution in [-0.2, 0) is 7.05 Å². The quantitative estimate of drug-likeness (QED) is 0.808. The third kappa shape index (κ3) is 4.26. The Bertz CT molecular complexity index is 283. The molecule has 1 aromatic heterocycles. The summed E-state index contributed by atoms with van der Waals surface area (Å²) in [6.45, 7) is 7.61. The molecule has 15 heavy (non-hydrogen) atoms. The molecular weight excluding hydrogens is 206 g/mol. The monoisotopic (exact) mass is 227 g/mol. The molecule has 1 atom stereocenters. The summed E-state index contributed by atoms with van der Waals surface area (Å²) in [6, 6.07) is 0.427. The second-order valence-corrected chi connectivity index (χ2v) is 5.55. The number of aromatic nitrogens is 2. The van der Waals surface area contributed by atoms with Crippen molar-refractivity contribution in [1.82, 2.24) is 15.1 Å². The van der Waals surface area contributed by atoms with Gasteiger partial charge in [0.25, 0.3) is 0 Å². The lowest BCUT2D eigenvalue weighted by Gasteiger charge is -2.17. The molecule has 3 nitrogen and oxygen atoms in total. The first-order chi connectivity index (χ1) is 7.13. The zero-order valence-corrected chi connectivity index (χ0v) is 10.8. The molecule has 0 bridgehead atoms. The van der Waals surface area contributed by atoms with Gasteiger partial charge in [0.05, 0.1) is 6.20 Å². The minimum atomic E-state index is 0.427. The summed E-state index contributed by atoms with van der Waals surface area (Å²) < 4.78 is 1.86. The van der Waals surface area contributed by atoms with E-state index in [1.807, 2.05) is 29.7 Å². The lowest BCUT2D eigenvalue weighted by molar-refractivity contribution is 0.604. The van der Waals surface area contributed by atoms with Gasteiger partial charge in [0.2, 0.25) is 0 Å². The summed E-state index contributed by atoms with van der Waals surface area (Å²) in [5.41, 5.74) is 1.28. The Morgan fingerprint density at radius 1 is 1.53 bits per heavy atom. The summed E-state index contributed by atoms with van der Waals surface area (Å²) in [6.07, 6.45) is 4.04. The van der Waals surface area contributed by atoms with E-state index in [2.05, 4.69) is 37.4 Å². The molecule has 0 aliphatic rings. The first-order valence-corrected chi connectivity index (χ1v) is 6.52. The van der Waals surface area contributed by atoms with Crippen LogP contribution in [0.2, 0.25) is 0 Å². The molecule has 1 rings (SSSR count). The van der Waals surface area contributed by atoms with Crippen LogP contribution in [0.15, 0.2) is 12.4 Å². The lowest BCUT2D eigenvalue weighted by atomic mass is 10.2. The average Bonchev–Trinajstić information content (AvgIpc) is 2.59. The number of hydrogen-bond acceptors (Lipinski definition) is 3. The molecule has 1 heterocycles. The van der Waals surface area contributed by atoms with Crippen LogP contribution in [0, 0.1) is 0 Å². The zero-order valence-electron chi connectivity index (χ0n) is 10.0. The number of hydrogen-bond donors (Lipinski definition) is 1. The number of nitrogens with zero attached hydrogens (tertiary/aromatic N) is 2. The Kier molecular flexibility index (Phi) is 5.19. The van der Waals surface area contributed by atoms with Crippen molar-refractivity contribution in [3.05, 3.63) is 18.0 Å². The standard InChI is InChI=1S/C11H21N3S/c1-5-12-11(8-15-9(2)3)10-6-13-14(4)7-10/h6-7,9,11-12H,5,8H2,1-4H3. The van der Waals surface area contributed by atoms with Gasteiger partial charge in [0.1, 0.15) is 0 Å². The maximum Gasteiger partial charge on any atom is 0.0537 e. The maximum absolute atomic E-state index is 4.21. The molecule has 0 aromatic carbocycles. The van der Waals surface area contributed by atoms with Crippen molar-refractivity contribution in [3.8, 4) is 0 Å². The first-order valence-electron chi connectivity index (χ1n) is 5.47. The summed E-state index contributed by atoms with van der Waals surface area (Å²) in [4.78, 5) is 0. The molecule has 0 saturated heterocycles. The topological polar surface area (TPSA) is 29.9 Å². The van der Waals surface area contributed by atoms with Crippen LogP contribution >= 0.6 is 11.8 Å². The fourth-order valence-electron chi connectivity index (χ4n) is 1.43. The highest BCUT2D eigenvalue weighted by atomic mass is 32.2. The van der Waals surface area contributed by atoms with Crippen LogP contribution in [0.3, 0.4) is 0 Å². The smallest absolute Gasteiger partial charge is 0.0537 e. The van der Waals surface area contributed by atoms with E-state index in [0.29, 0.717) is 11.3 Å². The van der Waals surface area contributed by atoms with E-state index in [1.165, 1.54) is 5.56 Å². The Balaban J connectivity index is 2.57. The fraction of sp³-hybridized carbons (Fsp3) is 0.727. The van der Waals surface area contributed by atoms with Crippen LogP contribution in [0.25, 0.3) is 0 Å². The summed E-state index contributed by atoms with van der Waals surface area (Å²) in [5.74, 6) is 1.11. The molecular formula is C11H21N3S. The van der Waals surface area contributed by atoms with Crippen molar-refractivity contribution in [1.29, 1.82) is 0 Å². The normalized spacial score (nSPS) is 13.4. The molecule has 0 aliphatic carbocycles. The average molecular weight is 227 g/mol. The van der Waals surface area contributed by atoms with E-state index < -0.39 is 0 Å². The van der Waals surface area contributed by atoms with Gasteiger partial charge in [0, 0.05) is 30.6 Å². The second-order valence-electron chi connectivity index (χ2n) is 3.94. The Labute approximate surface area is 96.6 Å². The van der Waals surface area contributed by atoms with E-state index in [-0.39, 0.29) is 0 Å². The largest absolute Gasteiger partial charge is 0.309 e. The van der Waals surface area contributed by atoms with Crippen LogP contribution in [0.1, 0.15) is 32.4 Å². The van der Waals surface area contributed by atoms with Gasteiger partial charge in [-0.25, -0.2) is 0 Å². The van der Waals surface area contributed by atoms with E-state index in [4.69, 9.17) is 0 Å². The third-order valence-corrected chi connectivity index (χ3v) is 3.37. The van der Waals surface area contributed by atoms with E-state index >= 15 is 0 Å². The number of thioether (sulfide) groups is 1. The van der Waals surface area contributed by atoms with Crippen molar-refractivity contribution < 1.29 is 0 Å². The maximum atomic E-state index is 4.21. The van der Waals surface area contributed by atoms with Gasteiger partial charge in [0.15, 0.2) is 0 Å². The summed E-state index contributed by atoms with van der Waals surface area (Å²) in [7, 11) is 1.96. The Morgan fingerprint density at radius 3 is 2.73 bits per heavy atom. The molecule has 1 N–H and O–H groups in total. The fourth-order valence-corrected chi connectivity index (χ4v) is 2.32. The van der Waals surface area contributed by atoms with Crippen LogP contribution < -0.4 is 5.32 Å². The molecule has 1 aromatic rings. The van der Waals surface area contributed by atoms with Gasteiger partial charge < -0.3 is 5.32 Å². The number of rotatable bonds is 6. The van der Waals surface area contributed by atoms with Crippen LogP contribution in [0.5, 0.6) is 0 Å². The van der Waals surface area contributed by atoms with E-state index in [1.54, 1.807) is 0 Å².